The molecule has 0 unspecified atom stereocenters. The zero-order valence-corrected chi connectivity index (χ0v) is 9.57. The summed E-state index contributed by atoms with van der Waals surface area (Å²) in [7, 11) is -3.07. The van der Waals surface area contributed by atoms with E-state index in [-0.39, 0.29) is 5.75 Å². The Balaban J connectivity index is 2.21. The average molecular weight is 242 g/mol. The van der Waals surface area contributed by atoms with Crippen LogP contribution in [0.4, 0.5) is 5.82 Å². The first kappa shape index (κ1) is 11.3. The second kappa shape index (κ2) is 4.36. The van der Waals surface area contributed by atoms with Crippen LogP contribution in [0.5, 0.6) is 0 Å². The highest BCUT2D eigenvalue weighted by Crippen LogP contribution is 2.20. The van der Waals surface area contributed by atoms with E-state index in [0.717, 1.165) is 5.56 Å². The number of pyridine rings is 1. The van der Waals surface area contributed by atoms with E-state index in [0.29, 0.717) is 25.3 Å². The molecule has 0 aliphatic carbocycles. The summed E-state index contributed by atoms with van der Waals surface area (Å²) in [6.07, 6.45) is 2.30. The van der Waals surface area contributed by atoms with Gasteiger partial charge >= 0.3 is 0 Å². The number of nitrogen functional groups attached to an aromatic ring is 1. The normalized spacial score (nSPS) is 19.8. The van der Waals surface area contributed by atoms with Gasteiger partial charge in [-0.25, -0.2) is 19.2 Å². The minimum absolute atomic E-state index is 0.235. The van der Waals surface area contributed by atoms with Gasteiger partial charge in [0.1, 0.15) is 5.82 Å². The minimum atomic E-state index is -3.07. The van der Waals surface area contributed by atoms with Crippen molar-refractivity contribution in [1.29, 1.82) is 0 Å². The van der Waals surface area contributed by atoms with Crippen molar-refractivity contribution in [3.63, 3.8) is 0 Å². The molecule has 0 radical (unpaired) electrons. The van der Waals surface area contributed by atoms with E-state index in [1.165, 1.54) is 4.31 Å². The van der Waals surface area contributed by atoms with Crippen LogP contribution in [-0.2, 0) is 16.6 Å². The maximum atomic E-state index is 11.6. The van der Waals surface area contributed by atoms with E-state index in [1.807, 2.05) is 6.07 Å². The highest BCUT2D eigenvalue weighted by atomic mass is 32.2. The van der Waals surface area contributed by atoms with E-state index in [1.54, 1.807) is 12.3 Å². The summed E-state index contributed by atoms with van der Waals surface area (Å²) in [6, 6.07) is 3.58. The number of sulfonamides is 1. The second-order valence-electron chi connectivity index (χ2n) is 3.66. The number of anilines is 1. The molecule has 16 heavy (non-hydrogen) atoms. The Labute approximate surface area is 94.5 Å². The summed E-state index contributed by atoms with van der Waals surface area (Å²) in [6.45, 7) is 0.900. The summed E-state index contributed by atoms with van der Waals surface area (Å²) in [5, 5.41) is 0. The van der Waals surface area contributed by atoms with Gasteiger partial charge in [0.05, 0.1) is 5.75 Å². The molecule has 7 heteroatoms. The van der Waals surface area contributed by atoms with E-state index in [2.05, 4.69) is 10.4 Å². The number of nitrogens with zero attached hydrogens (tertiary/aromatic N) is 2. The number of rotatable bonds is 3. The van der Waals surface area contributed by atoms with Crippen molar-refractivity contribution < 1.29 is 8.42 Å². The molecule has 6 nitrogen and oxygen atoms in total. The molecule has 0 bridgehead atoms. The Morgan fingerprint density at radius 2 is 2.38 bits per heavy atom. The molecule has 0 spiro atoms. The van der Waals surface area contributed by atoms with Crippen LogP contribution in [0.25, 0.3) is 0 Å². The molecule has 1 saturated heterocycles. The molecule has 1 aromatic heterocycles. The lowest BCUT2D eigenvalue weighted by Crippen LogP contribution is -2.26. The van der Waals surface area contributed by atoms with Crippen molar-refractivity contribution in [2.45, 2.75) is 13.0 Å². The van der Waals surface area contributed by atoms with Crippen LogP contribution in [0.3, 0.4) is 0 Å². The number of aromatic nitrogens is 1. The maximum absolute atomic E-state index is 11.6. The Kier molecular flexibility index (Phi) is 3.08. The van der Waals surface area contributed by atoms with Crippen molar-refractivity contribution in [2.75, 3.05) is 17.7 Å². The van der Waals surface area contributed by atoms with E-state index >= 15 is 0 Å². The van der Waals surface area contributed by atoms with Crippen LogP contribution < -0.4 is 11.3 Å². The maximum Gasteiger partial charge on any atom is 0.214 e. The van der Waals surface area contributed by atoms with E-state index in [4.69, 9.17) is 5.84 Å². The molecule has 88 valence electrons. The lowest BCUT2D eigenvalue weighted by atomic mass is 10.2. The van der Waals surface area contributed by atoms with Crippen molar-refractivity contribution in [3.05, 3.63) is 23.9 Å². The van der Waals surface area contributed by atoms with Crippen LogP contribution in [0.15, 0.2) is 18.3 Å². The molecule has 1 fully saturated rings. The van der Waals surface area contributed by atoms with Gasteiger partial charge in [0.2, 0.25) is 10.0 Å². The smallest absolute Gasteiger partial charge is 0.214 e. The SMILES string of the molecule is NNc1ncccc1CN1CCCS1(=O)=O. The number of nitrogens with one attached hydrogen (secondary N) is 1. The Morgan fingerprint density at radius 3 is 3.00 bits per heavy atom. The van der Waals surface area contributed by atoms with Crippen LogP contribution in [-0.4, -0.2) is 30.0 Å². The molecule has 2 rings (SSSR count). The van der Waals surface area contributed by atoms with Gasteiger partial charge in [-0.3, -0.25) is 0 Å². The number of hydrogen-bond donors (Lipinski definition) is 2. The zero-order chi connectivity index (χ0) is 11.6. The summed E-state index contributed by atoms with van der Waals surface area (Å²) < 4.78 is 24.7. The van der Waals surface area contributed by atoms with Crippen molar-refractivity contribution in [2.24, 2.45) is 5.84 Å². The van der Waals surface area contributed by atoms with Crippen molar-refractivity contribution in [3.8, 4) is 0 Å². The first-order valence-electron chi connectivity index (χ1n) is 5.02. The van der Waals surface area contributed by atoms with Gasteiger partial charge in [0, 0.05) is 24.8 Å². The summed E-state index contributed by atoms with van der Waals surface area (Å²) in [5.41, 5.74) is 3.25. The summed E-state index contributed by atoms with van der Waals surface area (Å²) in [4.78, 5) is 4.03. The molecule has 1 aromatic rings. The van der Waals surface area contributed by atoms with Crippen LogP contribution in [0.2, 0.25) is 0 Å². The number of hydrogen-bond acceptors (Lipinski definition) is 5. The lowest BCUT2D eigenvalue weighted by molar-refractivity contribution is 0.440. The molecule has 1 aliphatic heterocycles. The van der Waals surface area contributed by atoms with Crippen LogP contribution in [0, 0.1) is 0 Å². The van der Waals surface area contributed by atoms with Crippen molar-refractivity contribution in [1.82, 2.24) is 9.29 Å². The topological polar surface area (TPSA) is 88.3 Å². The third kappa shape index (κ3) is 2.16. The average Bonchev–Trinajstić information content (AvgIpc) is 2.59. The van der Waals surface area contributed by atoms with E-state index in [9.17, 15) is 8.42 Å². The van der Waals surface area contributed by atoms with Crippen molar-refractivity contribution >= 4 is 15.8 Å². The van der Waals surface area contributed by atoms with Gasteiger partial charge in [-0.05, 0) is 12.5 Å². The molecule has 3 N–H and O–H groups in total. The Hall–Kier alpha value is -1.18. The van der Waals surface area contributed by atoms with Crippen LogP contribution in [0.1, 0.15) is 12.0 Å². The standard InChI is InChI=1S/C9H14N4O2S/c10-12-9-8(3-1-4-11-9)7-13-5-2-6-16(13,14)15/h1,3-4H,2,5-7,10H2,(H,11,12). The number of hydrazine groups is 1. The molecule has 1 aliphatic rings. The predicted molar refractivity (Wildman–Crippen MR) is 60.9 cm³/mol. The molecular formula is C9H14N4O2S. The quantitative estimate of drug-likeness (QED) is 0.571. The van der Waals surface area contributed by atoms with Gasteiger partial charge in [-0.1, -0.05) is 6.07 Å². The number of nitrogens with two attached hydrogens (primary N) is 1. The minimum Gasteiger partial charge on any atom is -0.308 e. The lowest BCUT2D eigenvalue weighted by Gasteiger charge is -2.15. The fourth-order valence-electron chi connectivity index (χ4n) is 1.76. The fraction of sp³-hybridized carbons (Fsp3) is 0.444. The van der Waals surface area contributed by atoms with E-state index < -0.39 is 10.0 Å². The highest BCUT2D eigenvalue weighted by Gasteiger charge is 2.28. The molecule has 0 atom stereocenters. The highest BCUT2D eigenvalue weighted by molar-refractivity contribution is 7.89. The van der Waals surface area contributed by atoms with Gasteiger partial charge in [-0.2, -0.15) is 4.31 Å². The summed E-state index contributed by atoms with van der Waals surface area (Å²) >= 11 is 0. The fourth-order valence-corrected chi connectivity index (χ4v) is 3.25. The molecular weight excluding hydrogens is 228 g/mol. The Bertz CT molecular complexity index is 474. The molecule has 0 saturated carbocycles. The largest absolute Gasteiger partial charge is 0.308 e. The molecule has 0 aromatic carbocycles. The van der Waals surface area contributed by atoms with Gasteiger partial charge in [0.25, 0.3) is 0 Å². The van der Waals surface area contributed by atoms with Gasteiger partial charge in [0.15, 0.2) is 0 Å². The Morgan fingerprint density at radius 1 is 1.56 bits per heavy atom. The second-order valence-corrected chi connectivity index (χ2v) is 5.75. The molecule has 0 amide bonds. The third-order valence-electron chi connectivity index (χ3n) is 2.58. The molecule has 2 heterocycles. The monoisotopic (exact) mass is 242 g/mol. The van der Waals surface area contributed by atoms with Gasteiger partial charge < -0.3 is 5.43 Å². The first-order valence-corrected chi connectivity index (χ1v) is 6.63. The predicted octanol–water partition coefficient (Wildman–Crippen LogP) is -0.0973. The third-order valence-corrected chi connectivity index (χ3v) is 4.48. The zero-order valence-electron chi connectivity index (χ0n) is 8.76. The first-order chi connectivity index (χ1) is 7.63. The van der Waals surface area contributed by atoms with Crippen LogP contribution >= 0.6 is 0 Å². The summed E-state index contributed by atoms with van der Waals surface area (Å²) in [5.74, 6) is 6.06. The van der Waals surface area contributed by atoms with Gasteiger partial charge in [-0.15, -0.1) is 0 Å².